The Kier molecular flexibility index (Phi) is 4.40. The maximum absolute atomic E-state index is 12.8. The summed E-state index contributed by atoms with van der Waals surface area (Å²) < 4.78 is 7.07. The molecule has 8 heteroatoms. The number of tetrazole rings is 1. The van der Waals surface area contributed by atoms with Gasteiger partial charge in [-0.2, -0.15) is 0 Å². The SMILES string of the molecule is CC(C)c1cc(CN(C)C(=O)C2CCCCn3nnnc32)on1. The molecule has 1 aliphatic heterocycles. The van der Waals surface area contributed by atoms with Crippen molar-refractivity contribution in [2.45, 2.75) is 58.0 Å². The van der Waals surface area contributed by atoms with Crippen molar-refractivity contribution in [3.63, 3.8) is 0 Å². The van der Waals surface area contributed by atoms with E-state index in [1.165, 1.54) is 0 Å². The minimum atomic E-state index is -0.287. The van der Waals surface area contributed by atoms with Crippen LogP contribution in [0, 0.1) is 0 Å². The molecule has 3 rings (SSSR count). The lowest BCUT2D eigenvalue weighted by atomic mass is 10.0. The number of hydrogen-bond acceptors (Lipinski definition) is 6. The third kappa shape index (κ3) is 3.25. The van der Waals surface area contributed by atoms with Crippen LogP contribution >= 0.6 is 0 Å². The number of carbonyl (C=O) groups is 1. The van der Waals surface area contributed by atoms with Gasteiger partial charge in [-0.1, -0.05) is 25.4 Å². The van der Waals surface area contributed by atoms with E-state index in [9.17, 15) is 4.79 Å². The van der Waals surface area contributed by atoms with Gasteiger partial charge >= 0.3 is 0 Å². The number of likely N-dealkylation sites (N-methyl/N-ethyl adjacent to an activating group) is 1. The van der Waals surface area contributed by atoms with E-state index in [1.54, 1.807) is 16.6 Å². The van der Waals surface area contributed by atoms with Crippen LogP contribution in [0.3, 0.4) is 0 Å². The van der Waals surface area contributed by atoms with Crippen LogP contribution in [-0.4, -0.2) is 43.2 Å². The normalized spacial score (nSPS) is 17.8. The molecule has 0 aromatic carbocycles. The van der Waals surface area contributed by atoms with Crippen LogP contribution in [0.4, 0.5) is 0 Å². The first-order valence-corrected chi connectivity index (χ1v) is 8.02. The first-order valence-electron chi connectivity index (χ1n) is 8.02. The molecule has 0 aliphatic carbocycles. The van der Waals surface area contributed by atoms with Crippen molar-refractivity contribution in [2.24, 2.45) is 0 Å². The molecule has 1 aliphatic rings. The van der Waals surface area contributed by atoms with Crippen LogP contribution in [0.5, 0.6) is 0 Å². The molecular weight excluding hydrogens is 296 g/mol. The predicted molar refractivity (Wildman–Crippen MR) is 81.5 cm³/mol. The van der Waals surface area contributed by atoms with E-state index in [1.807, 2.05) is 6.07 Å². The highest BCUT2D eigenvalue weighted by Gasteiger charge is 2.31. The Bertz CT molecular complexity index is 677. The number of nitrogens with zero attached hydrogens (tertiary/aromatic N) is 6. The van der Waals surface area contributed by atoms with Gasteiger partial charge in [-0.15, -0.1) is 5.10 Å². The van der Waals surface area contributed by atoms with E-state index in [-0.39, 0.29) is 11.8 Å². The quantitative estimate of drug-likeness (QED) is 0.852. The van der Waals surface area contributed by atoms with E-state index in [0.29, 0.717) is 24.0 Å². The Morgan fingerprint density at radius 1 is 1.48 bits per heavy atom. The van der Waals surface area contributed by atoms with E-state index < -0.39 is 0 Å². The van der Waals surface area contributed by atoms with Crippen LogP contribution < -0.4 is 0 Å². The maximum atomic E-state index is 12.8. The molecule has 124 valence electrons. The predicted octanol–water partition coefficient (Wildman–Crippen LogP) is 1.71. The Labute approximate surface area is 134 Å². The second kappa shape index (κ2) is 6.47. The number of hydrogen-bond donors (Lipinski definition) is 0. The molecule has 1 amide bonds. The van der Waals surface area contributed by atoms with Gasteiger partial charge in [-0.25, -0.2) is 4.68 Å². The molecule has 0 spiro atoms. The lowest BCUT2D eigenvalue weighted by Gasteiger charge is -2.20. The highest BCUT2D eigenvalue weighted by Crippen LogP contribution is 2.26. The highest BCUT2D eigenvalue weighted by atomic mass is 16.5. The van der Waals surface area contributed by atoms with Gasteiger partial charge in [-0.3, -0.25) is 4.79 Å². The van der Waals surface area contributed by atoms with E-state index >= 15 is 0 Å². The third-order valence-electron chi connectivity index (χ3n) is 4.22. The number of aromatic nitrogens is 5. The topological polar surface area (TPSA) is 89.9 Å². The number of rotatable bonds is 4. The Morgan fingerprint density at radius 3 is 3.04 bits per heavy atom. The monoisotopic (exact) mass is 318 g/mol. The standard InChI is InChI=1S/C15H22N6O2/c1-10(2)13-8-11(23-17-13)9-20(3)15(22)12-6-4-5-7-21-14(12)16-18-19-21/h8,10,12H,4-7,9H2,1-3H3. The smallest absolute Gasteiger partial charge is 0.233 e. The van der Waals surface area contributed by atoms with Crippen molar-refractivity contribution in [3.8, 4) is 0 Å². The molecule has 3 heterocycles. The molecule has 0 saturated carbocycles. The van der Waals surface area contributed by atoms with Gasteiger partial charge in [0.05, 0.1) is 18.2 Å². The van der Waals surface area contributed by atoms with Gasteiger partial charge in [0.1, 0.15) is 0 Å². The summed E-state index contributed by atoms with van der Waals surface area (Å²) in [5.74, 6) is 1.40. The van der Waals surface area contributed by atoms with Crippen molar-refractivity contribution in [1.82, 2.24) is 30.3 Å². The summed E-state index contributed by atoms with van der Waals surface area (Å²) in [6.07, 6.45) is 2.75. The molecule has 0 N–H and O–H groups in total. The van der Waals surface area contributed by atoms with E-state index in [0.717, 1.165) is 31.5 Å². The van der Waals surface area contributed by atoms with Crippen molar-refractivity contribution >= 4 is 5.91 Å². The second-order valence-electron chi connectivity index (χ2n) is 6.38. The van der Waals surface area contributed by atoms with Crippen LogP contribution in [-0.2, 0) is 17.9 Å². The van der Waals surface area contributed by atoms with Crippen molar-refractivity contribution in [3.05, 3.63) is 23.3 Å². The first kappa shape index (κ1) is 15.6. The van der Waals surface area contributed by atoms with Crippen molar-refractivity contribution in [1.29, 1.82) is 0 Å². The fourth-order valence-corrected chi connectivity index (χ4v) is 2.85. The molecule has 0 bridgehead atoms. The first-order chi connectivity index (χ1) is 11.1. The second-order valence-corrected chi connectivity index (χ2v) is 6.38. The molecule has 0 saturated heterocycles. The van der Waals surface area contributed by atoms with Crippen LogP contribution in [0.15, 0.2) is 10.6 Å². The fourth-order valence-electron chi connectivity index (χ4n) is 2.85. The summed E-state index contributed by atoms with van der Waals surface area (Å²) in [7, 11) is 1.78. The third-order valence-corrected chi connectivity index (χ3v) is 4.22. The van der Waals surface area contributed by atoms with Gasteiger partial charge in [0, 0.05) is 19.7 Å². The van der Waals surface area contributed by atoms with Gasteiger partial charge in [0.2, 0.25) is 5.91 Å². The van der Waals surface area contributed by atoms with E-state index in [2.05, 4.69) is 34.5 Å². The van der Waals surface area contributed by atoms with Gasteiger partial charge in [0.25, 0.3) is 0 Å². The summed E-state index contributed by atoms with van der Waals surface area (Å²) in [6.45, 7) is 5.29. The molecule has 0 radical (unpaired) electrons. The fraction of sp³-hybridized carbons (Fsp3) is 0.667. The zero-order valence-electron chi connectivity index (χ0n) is 13.8. The number of carbonyl (C=O) groups excluding carboxylic acids is 1. The summed E-state index contributed by atoms with van der Waals surface area (Å²) in [5.41, 5.74) is 0.902. The summed E-state index contributed by atoms with van der Waals surface area (Å²) >= 11 is 0. The summed E-state index contributed by atoms with van der Waals surface area (Å²) in [5, 5.41) is 15.8. The van der Waals surface area contributed by atoms with Gasteiger partial charge in [0.15, 0.2) is 11.6 Å². The van der Waals surface area contributed by atoms with Gasteiger partial charge in [-0.05, 0) is 29.2 Å². The van der Waals surface area contributed by atoms with Crippen LogP contribution in [0.25, 0.3) is 0 Å². The molecule has 1 atom stereocenters. The zero-order chi connectivity index (χ0) is 16.4. The van der Waals surface area contributed by atoms with Crippen LogP contribution in [0.2, 0.25) is 0 Å². The molecular formula is C15H22N6O2. The Balaban J connectivity index is 1.72. The summed E-state index contributed by atoms with van der Waals surface area (Å²) in [6, 6.07) is 1.91. The lowest BCUT2D eigenvalue weighted by Crippen LogP contribution is -2.32. The lowest BCUT2D eigenvalue weighted by molar-refractivity contribution is -0.132. The van der Waals surface area contributed by atoms with Gasteiger partial charge < -0.3 is 9.42 Å². The number of aryl methyl sites for hydroxylation is 1. The molecule has 2 aromatic rings. The van der Waals surface area contributed by atoms with Crippen molar-refractivity contribution < 1.29 is 9.32 Å². The zero-order valence-corrected chi connectivity index (χ0v) is 13.8. The average molecular weight is 318 g/mol. The maximum Gasteiger partial charge on any atom is 0.233 e. The molecule has 0 fully saturated rings. The highest BCUT2D eigenvalue weighted by molar-refractivity contribution is 5.82. The van der Waals surface area contributed by atoms with Crippen LogP contribution in [0.1, 0.15) is 62.2 Å². The minimum absolute atomic E-state index is 0.0189. The van der Waals surface area contributed by atoms with Crippen molar-refractivity contribution in [2.75, 3.05) is 7.05 Å². The molecule has 8 nitrogen and oxygen atoms in total. The largest absolute Gasteiger partial charge is 0.359 e. The Morgan fingerprint density at radius 2 is 2.30 bits per heavy atom. The average Bonchev–Trinajstić information content (AvgIpc) is 3.13. The molecule has 2 aromatic heterocycles. The molecule has 1 unspecified atom stereocenters. The Hall–Kier alpha value is -2.25. The number of amides is 1. The summed E-state index contributed by atoms with van der Waals surface area (Å²) in [4.78, 5) is 14.5. The van der Waals surface area contributed by atoms with E-state index in [4.69, 9.17) is 4.52 Å². The minimum Gasteiger partial charge on any atom is -0.359 e. The molecule has 23 heavy (non-hydrogen) atoms. The number of fused-ring (bicyclic) bond motifs is 1.